The van der Waals surface area contributed by atoms with Gasteiger partial charge in [0.25, 0.3) is 0 Å². The number of hydrogen-bond acceptors (Lipinski definition) is 2. The molecule has 2 nitrogen and oxygen atoms in total. The molecule has 0 amide bonds. The predicted molar refractivity (Wildman–Crippen MR) is 35.8 cm³/mol. The molecule has 0 aliphatic heterocycles. The summed E-state index contributed by atoms with van der Waals surface area (Å²) in [6.45, 7) is 5.36. The summed E-state index contributed by atoms with van der Waals surface area (Å²) in [4.78, 5) is 9.59. The molecule has 52 valence electrons. The molecule has 0 spiro atoms. The highest BCUT2D eigenvalue weighted by molar-refractivity contribution is 5.65. The van der Waals surface area contributed by atoms with Gasteiger partial charge >= 0.3 is 5.97 Å². The maximum absolute atomic E-state index is 9.59. The monoisotopic (exact) mass is 120 g/mol. The molecule has 0 aliphatic rings. The van der Waals surface area contributed by atoms with Crippen LogP contribution in [0.3, 0.4) is 0 Å². The first kappa shape index (κ1) is 15.6. The van der Waals surface area contributed by atoms with Crippen molar-refractivity contribution in [3.63, 3.8) is 0 Å². The zero-order chi connectivity index (χ0) is 6.28. The Kier molecular flexibility index (Phi) is 31.5. The van der Waals surface area contributed by atoms with Crippen molar-refractivity contribution in [3.8, 4) is 0 Å². The first-order chi connectivity index (χ1) is 3.27. The van der Waals surface area contributed by atoms with Gasteiger partial charge in [-0.3, -0.25) is 4.79 Å². The van der Waals surface area contributed by atoms with E-state index in [2.05, 4.69) is 4.74 Å². The van der Waals surface area contributed by atoms with Crippen molar-refractivity contribution in [3.05, 3.63) is 0 Å². The van der Waals surface area contributed by atoms with Gasteiger partial charge in [-0.15, -0.1) is 0 Å². The second kappa shape index (κ2) is 16.1. The molecule has 0 atom stereocenters. The van der Waals surface area contributed by atoms with Crippen LogP contribution in [0, 0.1) is 0 Å². The van der Waals surface area contributed by atoms with E-state index in [1.165, 1.54) is 14.0 Å². The molecule has 0 aromatic carbocycles. The van der Waals surface area contributed by atoms with Gasteiger partial charge in [0, 0.05) is 6.92 Å². The van der Waals surface area contributed by atoms with Crippen molar-refractivity contribution in [1.82, 2.24) is 0 Å². The Labute approximate surface area is 51.9 Å². The Bertz CT molecular complexity index is 41.8. The third-order valence-corrected chi connectivity index (χ3v) is 0.287. The van der Waals surface area contributed by atoms with E-state index in [4.69, 9.17) is 0 Å². The van der Waals surface area contributed by atoms with E-state index in [9.17, 15) is 4.79 Å². The highest BCUT2D eigenvalue weighted by atomic mass is 16.5. The van der Waals surface area contributed by atoms with Gasteiger partial charge in [-0.2, -0.15) is 0 Å². The number of carbonyl (C=O) groups excluding carboxylic acids is 1. The van der Waals surface area contributed by atoms with Gasteiger partial charge in [0.15, 0.2) is 0 Å². The predicted octanol–water partition coefficient (Wildman–Crippen LogP) is 1.84. The Morgan fingerprint density at radius 1 is 1.38 bits per heavy atom. The zero-order valence-corrected chi connectivity index (χ0v) is 5.32. The van der Waals surface area contributed by atoms with Gasteiger partial charge < -0.3 is 4.74 Å². The van der Waals surface area contributed by atoms with E-state index in [1.54, 1.807) is 0 Å². The Morgan fingerprint density at radius 2 is 1.50 bits per heavy atom. The van der Waals surface area contributed by atoms with Crippen molar-refractivity contribution >= 4 is 5.97 Å². The molecule has 0 rings (SSSR count). The molecule has 0 saturated heterocycles. The normalized spacial score (nSPS) is 5.00. The molecule has 0 aromatic rings. The summed E-state index contributed by atoms with van der Waals surface area (Å²) in [7, 11) is 1.35. The van der Waals surface area contributed by atoms with Crippen LogP contribution >= 0.6 is 0 Å². The fourth-order valence-corrected chi connectivity index (χ4v) is 0. The summed E-state index contributed by atoms with van der Waals surface area (Å²) in [5, 5.41) is 0. The third-order valence-electron chi connectivity index (χ3n) is 0.287. The Morgan fingerprint density at radius 3 is 1.50 bits per heavy atom. The molecule has 0 aliphatic carbocycles. The number of carbonyl (C=O) groups is 1. The van der Waals surface area contributed by atoms with Crippen molar-refractivity contribution in [2.75, 3.05) is 7.11 Å². The quantitative estimate of drug-likeness (QED) is 0.456. The van der Waals surface area contributed by atoms with Crippen molar-refractivity contribution in [2.24, 2.45) is 0 Å². The molecule has 8 heavy (non-hydrogen) atoms. The van der Waals surface area contributed by atoms with Crippen LogP contribution in [0.5, 0.6) is 0 Å². The highest BCUT2D eigenvalue weighted by Gasteiger charge is 1.75. The van der Waals surface area contributed by atoms with Gasteiger partial charge in [0.1, 0.15) is 0 Å². The molecule has 0 aromatic heterocycles. The maximum Gasteiger partial charge on any atom is 0.302 e. The number of hydrogen-bond donors (Lipinski definition) is 0. The fourth-order valence-electron chi connectivity index (χ4n) is 0. The van der Waals surface area contributed by atoms with E-state index in [0.29, 0.717) is 0 Å². The first-order valence-corrected chi connectivity index (χ1v) is 2.32. The lowest BCUT2D eigenvalue weighted by molar-refractivity contribution is -0.137. The molecule has 0 bridgehead atoms. The fraction of sp³-hybridized carbons (Fsp3) is 0.833. The molecule has 0 saturated carbocycles. The van der Waals surface area contributed by atoms with Crippen LogP contribution in [-0.4, -0.2) is 13.1 Å². The lowest BCUT2D eigenvalue weighted by Crippen LogP contribution is -1.88. The molecule has 0 N–H and O–H groups in total. The average molecular weight is 120 g/mol. The smallest absolute Gasteiger partial charge is 0.302 e. The zero-order valence-electron chi connectivity index (χ0n) is 5.32. The van der Waals surface area contributed by atoms with Crippen molar-refractivity contribution in [2.45, 2.75) is 28.2 Å². The molecular weight excluding hydrogens is 104 g/mol. The van der Waals surface area contributed by atoms with Crippen LogP contribution in [0.4, 0.5) is 0 Å². The minimum absolute atomic E-state index is 0. The van der Waals surface area contributed by atoms with E-state index in [1.807, 2.05) is 13.8 Å². The van der Waals surface area contributed by atoms with Gasteiger partial charge in [-0.1, -0.05) is 21.3 Å². The van der Waals surface area contributed by atoms with Crippen LogP contribution in [0.1, 0.15) is 28.2 Å². The minimum Gasteiger partial charge on any atom is -0.469 e. The Balaban J connectivity index is -0.0000000750. The molecule has 0 unspecified atom stereocenters. The minimum atomic E-state index is -0.245. The topological polar surface area (TPSA) is 26.3 Å². The highest BCUT2D eigenvalue weighted by Crippen LogP contribution is 1.60. The van der Waals surface area contributed by atoms with Crippen molar-refractivity contribution < 1.29 is 9.53 Å². The number of methoxy groups -OCH3 is 1. The summed E-state index contributed by atoms with van der Waals surface area (Å²) in [5.74, 6) is -0.245. The van der Waals surface area contributed by atoms with Gasteiger partial charge in [0.05, 0.1) is 7.11 Å². The largest absolute Gasteiger partial charge is 0.469 e. The van der Waals surface area contributed by atoms with E-state index in [0.717, 1.165) is 0 Å². The van der Waals surface area contributed by atoms with E-state index in [-0.39, 0.29) is 13.4 Å². The molecule has 0 fully saturated rings. The van der Waals surface area contributed by atoms with Gasteiger partial charge in [-0.05, 0) is 0 Å². The number of rotatable bonds is 0. The van der Waals surface area contributed by atoms with Gasteiger partial charge in [-0.25, -0.2) is 0 Å². The van der Waals surface area contributed by atoms with Crippen LogP contribution in [0.2, 0.25) is 0 Å². The van der Waals surface area contributed by atoms with Crippen molar-refractivity contribution in [1.29, 1.82) is 0 Å². The van der Waals surface area contributed by atoms with Crippen LogP contribution in [-0.2, 0) is 9.53 Å². The third kappa shape index (κ3) is 50.6. The summed E-state index contributed by atoms with van der Waals surface area (Å²) in [6.07, 6.45) is 0. The molecule has 2 heteroatoms. The summed E-state index contributed by atoms with van der Waals surface area (Å²) < 4.78 is 4.11. The molecular formula is C6H16O2. The number of ether oxygens (including phenoxy) is 1. The summed E-state index contributed by atoms with van der Waals surface area (Å²) in [6, 6.07) is 0. The molecule has 0 heterocycles. The average Bonchev–Trinajstić information content (AvgIpc) is 1.73. The van der Waals surface area contributed by atoms with Gasteiger partial charge in [0.2, 0.25) is 0 Å². The second-order valence-electron chi connectivity index (χ2n) is 0.696. The van der Waals surface area contributed by atoms with Crippen LogP contribution in [0.15, 0.2) is 0 Å². The van der Waals surface area contributed by atoms with Crippen LogP contribution in [0.25, 0.3) is 0 Å². The standard InChI is InChI=1S/C3H6O2.C2H6.CH4/c1-3(4)5-2;1-2;/h1-2H3;1-2H3;1H4. The lowest BCUT2D eigenvalue weighted by Gasteiger charge is -1.80. The SMILES string of the molecule is C.CC.COC(C)=O. The summed E-state index contributed by atoms with van der Waals surface area (Å²) in [5.41, 5.74) is 0. The van der Waals surface area contributed by atoms with E-state index >= 15 is 0 Å². The molecule has 0 radical (unpaired) electrons. The van der Waals surface area contributed by atoms with E-state index < -0.39 is 0 Å². The van der Waals surface area contributed by atoms with Crippen LogP contribution < -0.4 is 0 Å². The number of esters is 1. The first-order valence-electron chi connectivity index (χ1n) is 2.32. The lowest BCUT2D eigenvalue weighted by atomic mass is 10.8. The summed E-state index contributed by atoms with van der Waals surface area (Å²) >= 11 is 0. The Hall–Kier alpha value is -0.530. The maximum atomic E-state index is 9.59. The second-order valence-corrected chi connectivity index (χ2v) is 0.696.